The van der Waals surface area contributed by atoms with Crippen LogP contribution in [0.4, 0.5) is 0 Å². The molecular formula is C17H35NO2. The SMILES string of the molecule is CCCCCCCCCC(O)CCCCCCC(N)=O. The quantitative estimate of drug-likeness (QED) is 0.440. The van der Waals surface area contributed by atoms with Crippen molar-refractivity contribution in [3.8, 4) is 0 Å². The molecule has 0 aromatic rings. The maximum absolute atomic E-state index is 10.6. The van der Waals surface area contributed by atoms with E-state index in [0.29, 0.717) is 6.42 Å². The van der Waals surface area contributed by atoms with Crippen molar-refractivity contribution in [2.45, 2.75) is 103 Å². The molecule has 0 saturated heterocycles. The van der Waals surface area contributed by atoms with E-state index in [1.807, 2.05) is 0 Å². The summed E-state index contributed by atoms with van der Waals surface area (Å²) >= 11 is 0. The van der Waals surface area contributed by atoms with Gasteiger partial charge >= 0.3 is 0 Å². The number of amides is 1. The van der Waals surface area contributed by atoms with Gasteiger partial charge in [-0.2, -0.15) is 0 Å². The summed E-state index contributed by atoms with van der Waals surface area (Å²) < 4.78 is 0. The number of hydrogen-bond donors (Lipinski definition) is 2. The molecule has 1 atom stereocenters. The van der Waals surface area contributed by atoms with Gasteiger partial charge in [-0.15, -0.1) is 0 Å². The Morgan fingerprint density at radius 1 is 0.850 bits per heavy atom. The van der Waals surface area contributed by atoms with Gasteiger partial charge in [0, 0.05) is 6.42 Å². The van der Waals surface area contributed by atoms with Crippen molar-refractivity contribution in [2.24, 2.45) is 5.73 Å². The van der Waals surface area contributed by atoms with E-state index in [4.69, 9.17) is 5.73 Å². The predicted octanol–water partition coefficient (Wildman–Crippen LogP) is 4.31. The van der Waals surface area contributed by atoms with Crippen molar-refractivity contribution in [3.63, 3.8) is 0 Å². The second-order valence-corrected chi connectivity index (χ2v) is 5.98. The molecule has 0 aliphatic rings. The molecule has 0 spiro atoms. The minimum Gasteiger partial charge on any atom is -0.393 e. The van der Waals surface area contributed by atoms with Crippen LogP contribution in [-0.4, -0.2) is 17.1 Å². The summed E-state index contributed by atoms with van der Waals surface area (Å²) in [5, 5.41) is 9.86. The first-order valence-corrected chi connectivity index (χ1v) is 8.63. The van der Waals surface area contributed by atoms with E-state index in [0.717, 1.165) is 44.9 Å². The first-order chi connectivity index (χ1) is 9.66. The predicted molar refractivity (Wildman–Crippen MR) is 85.5 cm³/mol. The Morgan fingerprint density at radius 2 is 1.30 bits per heavy atom. The number of aliphatic hydroxyl groups is 1. The van der Waals surface area contributed by atoms with Gasteiger partial charge in [-0.3, -0.25) is 4.79 Å². The van der Waals surface area contributed by atoms with E-state index in [2.05, 4.69) is 6.92 Å². The van der Waals surface area contributed by atoms with Gasteiger partial charge in [0.2, 0.25) is 5.91 Å². The summed E-state index contributed by atoms with van der Waals surface area (Å²) in [6.07, 6.45) is 15.5. The van der Waals surface area contributed by atoms with E-state index in [-0.39, 0.29) is 12.0 Å². The fourth-order valence-electron chi connectivity index (χ4n) is 2.51. The number of rotatable bonds is 15. The van der Waals surface area contributed by atoms with Crippen LogP contribution < -0.4 is 5.73 Å². The number of unbranched alkanes of at least 4 members (excludes halogenated alkanes) is 9. The van der Waals surface area contributed by atoms with Gasteiger partial charge in [0.15, 0.2) is 0 Å². The fraction of sp³-hybridized carbons (Fsp3) is 0.941. The summed E-state index contributed by atoms with van der Waals surface area (Å²) in [6.45, 7) is 2.24. The molecule has 1 unspecified atom stereocenters. The lowest BCUT2D eigenvalue weighted by Crippen LogP contribution is -2.09. The molecule has 0 aromatic carbocycles. The third-order valence-electron chi connectivity index (χ3n) is 3.85. The summed E-state index contributed by atoms with van der Waals surface area (Å²) in [5.74, 6) is -0.205. The van der Waals surface area contributed by atoms with Crippen molar-refractivity contribution >= 4 is 5.91 Å². The van der Waals surface area contributed by atoms with Crippen molar-refractivity contribution < 1.29 is 9.90 Å². The number of hydrogen-bond acceptors (Lipinski definition) is 2. The molecule has 0 aliphatic carbocycles. The second-order valence-electron chi connectivity index (χ2n) is 5.98. The molecular weight excluding hydrogens is 250 g/mol. The number of primary amides is 1. The molecule has 0 bridgehead atoms. The van der Waals surface area contributed by atoms with Crippen LogP contribution in [0.5, 0.6) is 0 Å². The first-order valence-electron chi connectivity index (χ1n) is 8.63. The summed E-state index contributed by atoms with van der Waals surface area (Å²) in [6, 6.07) is 0. The highest BCUT2D eigenvalue weighted by atomic mass is 16.3. The highest BCUT2D eigenvalue weighted by Crippen LogP contribution is 2.13. The van der Waals surface area contributed by atoms with E-state index in [1.54, 1.807) is 0 Å². The average Bonchev–Trinajstić information content (AvgIpc) is 2.41. The molecule has 1 amide bonds. The van der Waals surface area contributed by atoms with Crippen molar-refractivity contribution in [2.75, 3.05) is 0 Å². The summed E-state index contributed by atoms with van der Waals surface area (Å²) in [4.78, 5) is 10.6. The van der Waals surface area contributed by atoms with Gasteiger partial charge in [-0.05, 0) is 19.3 Å². The smallest absolute Gasteiger partial charge is 0.217 e. The van der Waals surface area contributed by atoms with Crippen LogP contribution in [0.3, 0.4) is 0 Å². The standard InChI is InChI=1S/C17H35NO2/c1-2-3-4-5-6-7-10-13-16(19)14-11-8-9-12-15-17(18)20/h16,19H,2-15H2,1H3,(H2,18,20). The number of carbonyl (C=O) groups is 1. The molecule has 0 rings (SSSR count). The van der Waals surface area contributed by atoms with Crippen LogP contribution in [0.1, 0.15) is 96.8 Å². The zero-order valence-electron chi connectivity index (χ0n) is 13.4. The van der Waals surface area contributed by atoms with Gasteiger partial charge in [-0.25, -0.2) is 0 Å². The fourth-order valence-corrected chi connectivity index (χ4v) is 2.51. The van der Waals surface area contributed by atoms with Crippen LogP contribution in [0, 0.1) is 0 Å². The Bertz CT molecular complexity index is 219. The molecule has 0 heterocycles. The lowest BCUT2D eigenvalue weighted by Gasteiger charge is -2.10. The van der Waals surface area contributed by atoms with Gasteiger partial charge in [0.25, 0.3) is 0 Å². The Labute approximate surface area is 125 Å². The van der Waals surface area contributed by atoms with Crippen molar-refractivity contribution in [1.82, 2.24) is 0 Å². The zero-order valence-corrected chi connectivity index (χ0v) is 13.4. The van der Waals surface area contributed by atoms with Crippen LogP contribution in [0.25, 0.3) is 0 Å². The monoisotopic (exact) mass is 285 g/mol. The van der Waals surface area contributed by atoms with E-state index in [9.17, 15) is 9.90 Å². The average molecular weight is 285 g/mol. The van der Waals surface area contributed by atoms with E-state index < -0.39 is 0 Å². The molecule has 3 nitrogen and oxygen atoms in total. The van der Waals surface area contributed by atoms with Gasteiger partial charge in [-0.1, -0.05) is 71.1 Å². The van der Waals surface area contributed by atoms with Crippen molar-refractivity contribution in [3.05, 3.63) is 0 Å². The van der Waals surface area contributed by atoms with Crippen molar-refractivity contribution in [1.29, 1.82) is 0 Å². The Balaban J connectivity index is 3.16. The molecule has 0 aromatic heterocycles. The van der Waals surface area contributed by atoms with Crippen LogP contribution >= 0.6 is 0 Å². The Hall–Kier alpha value is -0.570. The summed E-state index contributed by atoms with van der Waals surface area (Å²) in [7, 11) is 0. The molecule has 120 valence electrons. The molecule has 3 heteroatoms. The highest BCUT2D eigenvalue weighted by molar-refractivity contribution is 5.73. The molecule has 3 N–H and O–H groups in total. The highest BCUT2D eigenvalue weighted by Gasteiger charge is 2.03. The van der Waals surface area contributed by atoms with Gasteiger partial charge in [0.05, 0.1) is 6.10 Å². The minimum atomic E-state index is -0.205. The van der Waals surface area contributed by atoms with Gasteiger partial charge in [0.1, 0.15) is 0 Å². The largest absolute Gasteiger partial charge is 0.393 e. The first kappa shape index (κ1) is 19.4. The Kier molecular flexibility index (Phi) is 14.4. The van der Waals surface area contributed by atoms with Crippen LogP contribution in [-0.2, 0) is 4.79 Å². The molecule has 0 radical (unpaired) electrons. The normalized spacial score (nSPS) is 12.5. The topological polar surface area (TPSA) is 63.3 Å². The van der Waals surface area contributed by atoms with E-state index in [1.165, 1.54) is 38.5 Å². The third kappa shape index (κ3) is 15.5. The van der Waals surface area contributed by atoms with Crippen LogP contribution in [0.15, 0.2) is 0 Å². The third-order valence-corrected chi connectivity index (χ3v) is 3.85. The minimum absolute atomic E-state index is 0.123. The Morgan fingerprint density at radius 3 is 1.80 bits per heavy atom. The number of nitrogens with two attached hydrogens (primary N) is 1. The lowest BCUT2D eigenvalue weighted by atomic mass is 10.0. The zero-order chi connectivity index (χ0) is 15.1. The summed E-state index contributed by atoms with van der Waals surface area (Å²) in [5.41, 5.74) is 5.08. The lowest BCUT2D eigenvalue weighted by molar-refractivity contribution is -0.118. The van der Waals surface area contributed by atoms with E-state index >= 15 is 0 Å². The maximum Gasteiger partial charge on any atom is 0.217 e. The number of aliphatic hydroxyl groups excluding tert-OH is 1. The van der Waals surface area contributed by atoms with Crippen LogP contribution in [0.2, 0.25) is 0 Å². The molecule has 0 fully saturated rings. The molecule has 0 aliphatic heterocycles. The molecule has 20 heavy (non-hydrogen) atoms. The second kappa shape index (κ2) is 14.8. The van der Waals surface area contributed by atoms with Gasteiger partial charge < -0.3 is 10.8 Å². The number of carbonyl (C=O) groups excluding carboxylic acids is 1. The maximum atomic E-state index is 10.6. The molecule has 0 saturated carbocycles.